The van der Waals surface area contributed by atoms with Gasteiger partial charge < -0.3 is 9.84 Å². The van der Waals surface area contributed by atoms with E-state index in [0.717, 1.165) is 10.9 Å². The van der Waals surface area contributed by atoms with E-state index in [2.05, 4.69) is 9.97 Å². The van der Waals surface area contributed by atoms with Gasteiger partial charge in [0.1, 0.15) is 11.3 Å². The minimum Gasteiger partial charge on any atom is -0.453 e. The standard InChI is InChI=1S/C16H14N2O2/c1-11(19)14-8-7-13(10-18-14)20-15-6-2-4-12-5-3-9-17-16(12)15/h2-11,19H,1H3/t11-/m0/s1. The molecule has 0 saturated heterocycles. The lowest BCUT2D eigenvalue weighted by molar-refractivity contribution is 0.194. The Hall–Kier alpha value is -2.46. The van der Waals surface area contributed by atoms with Gasteiger partial charge in [-0.1, -0.05) is 18.2 Å². The van der Waals surface area contributed by atoms with Crippen molar-refractivity contribution < 1.29 is 9.84 Å². The average Bonchev–Trinajstić information content (AvgIpc) is 2.48. The van der Waals surface area contributed by atoms with E-state index >= 15 is 0 Å². The SMILES string of the molecule is C[C@H](O)c1ccc(Oc2cccc3cccnc23)cn1. The third-order valence-electron chi connectivity index (χ3n) is 3.01. The number of rotatable bonds is 3. The Morgan fingerprint density at radius 2 is 1.90 bits per heavy atom. The Kier molecular flexibility index (Phi) is 3.31. The van der Waals surface area contributed by atoms with Crippen LogP contribution < -0.4 is 4.74 Å². The predicted octanol–water partition coefficient (Wildman–Crippen LogP) is 3.48. The highest BCUT2D eigenvalue weighted by Gasteiger charge is 2.06. The average molecular weight is 266 g/mol. The van der Waals surface area contributed by atoms with Gasteiger partial charge in [-0.25, -0.2) is 0 Å². The van der Waals surface area contributed by atoms with Crippen LogP contribution in [0.4, 0.5) is 0 Å². The van der Waals surface area contributed by atoms with Crippen LogP contribution in [0.5, 0.6) is 11.5 Å². The van der Waals surface area contributed by atoms with E-state index in [9.17, 15) is 5.11 Å². The van der Waals surface area contributed by atoms with Crippen molar-refractivity contribution in [2.75, 3.05) is 0 Å². The van der Waals surface area contributed by atoms with E-state index in [0.29, 0.717) is 17.2 Å². The number of aliphatic hydroxyl groups is 1. The van der Waals surface area contributed by atoms with E-state index in [1.54, 1.807) is 31.5 Å². The van der Waals surface area contributed by atoms with Gasteiger partial charge in [0.25, 0.3) is 0 Å². The second-order valence-electron chi connectivity index (χ2n) is 4.53. The summed E-state index contributed by atoms with van der Waals surface area (Å²) in [7, 11) is 0. The maximum absolute atomic E-state index is 9.43. The summed E-state index contributed by atoms with van der Waals surface area (Å²) in [6, 6.07) is 13.2. The van der Waals surface area contributed by atoms with Crippen LogP contribution >= 0.6 is 0 Å². The first-order chi connectivity index (χ1) is 9.74. The van der Waals surface area contributed by atoms with Gasteiger partial charge >= 0.3 is 0 Å². The van der Waals surface area contributed by atoms with Gasteiger partial charge in [-0.05, 0) is 31.2 Å². The van der Waals surface area contributed by atoms with Crippen molar-refractivity contribution in [3.63, 3.8) is 0 Å². The molecular formula is C16H14N2O2. The first kappa shape index (κ1) is 12.6. The Balaban J connectivity index is 1.93. The molecule has 4 nitrogen and oxygen atoms in total. The normalized spacial score (nSPS) is 12.3. The molecule has 0 fully saturated rings. The maximum atomic E-state index is 9.43. The topological polar surface area (TPSA) is 55.2 Å². The van der Waals surface area contributed by atoms with Crippen LogP contribution in [-0.4, -0.2) is 15.1 Å². The van der Waals surface area contributed by atoms with Crippen molar-refractivity contribution in [1.29, 1.82) is 0 Å². The summed E-state index contributed by atoms with van der Waals surface area (Å²) >= 11 is 0. The van der Waals surface area contributed by atoms with E-state index in [-0.39, 0.29) is 0 Å². The minimum absolute atomic E-state index is 0.580. The molecule has 4 heteroatoms. The molecule has 0 spiro atoms. The second-order valence-corrected chi connectivity index (χ2v) is 4.53. The molecule has 2 heterocycles. The summed E-state index contributed by atoms with van der Waals surface area (Å²) in [6.45, 7) is 1.68. The number of para-hydroxylation sites is 1. The van der Waals surface area contributed by atoms with Crippen LogP contribution in [0, 0.1) is 0 Å². The number of aliphatic hydroxyl groups excluding tert-OH is 1. The van der Waals surface area contributed by atoms with Crippen LogP contribution in [0.15, 0.2) is 54.9 Å². The number of benzene rings is 1. The van der Waals surface area contributed by atoms with Crippen molar-refractivity contribution in [3.8, 4) is 11.5 Å². The molecule has 2 aromatic heterocycles. The number of hydrogen-bond acceptors (Lipinski definition) is 4. The van der Waals surface area contributed by atoms with Crippen LogP contribution in [0.1, 0.15) is 18.7 Å². The molecular weight excluding hydrogens is 252 g/mol. The first-order valence-electron chi connectivity index (χ1n) is 6.39. The van der Waals surface area contributed by atoms with Gasteiger partial charge in [-0.2, -0.15) is 0 Å². The molecule has 20 heavy (non-hydrogen) atoms. The Morgan fingerprint density at radius 1 is 1.05 bits per heavy atom. The number of pyridine rings is 2. The molecule has 0 aliphatic heterocycles. The molecule has 100 valence electrons. The molecule has 1 aromatic carbocycles. The fraction of sp³-hybridized carbons (Fsp3) is 0.125. The highest BCUT2D eigenvalue weighted by atomic mass is 16.5. The number of ether oxygens (including phenoxy) is 1. The largest absolute Gasteiger partial charge is 0.453 e. The van der Waals surface area contributed by atoms with Gasteiger partial charge in [-0.3, -0.25) is 9.97 Å². The Bertz CT molecular complexity index is 719. The van der Waals surface area contributed by atoms with Crippen molar-refractivity contribution in [3.05, 3.63) is 60.6 Å². The molecule has 0 unspecified atom stereocenters. The van der Waals surface area contributed by atoms with Crippen molar-refractivity contribution in [2.24, 2.45) is 0 Å². The summed E-state index contributed by atoms with van der Waals surface area (Å²) in [6.07, 6.45) is 2.76. The third-order valence-corrected chi connectivity index (χ3v) is 3.01. The van der Waals surface area contributed by atoms with Gasteiger partial charge in [0, 0.05) is 11.6 Å². The first-order valence-corrected chi connectivity index (χ1v) is 6.39. The van der Waals surface area contributed by atoms with Gasteiger partial charge in [0.15, 0.2) is 5.75 Å². The molecule has 0 radical (unpaired) electrons. The zero-order valence-corrected chi connectivity index (χ0v) is 11.0. The molecule has 3 rings (SSSR count). The highest BCUT2D eigenvalue weighted by molar-refractivity contribution is 5.84. The van der Waals surface area contributed by atoms with Crippen LogP contribution in [0.25, 0.3) is 10.9 Å². The van der Waals surface area contributed by atoms with Crippen molar-refractivity contribution in [1.82, 2.24) is 9.97 Å². The number of hydrogen-bond donors (Lipinski definition) is 1. The minimum atomic E-state index is -0.580. The number of aromatic nitrogens is 2. The van der Waals surface area contributed by atoms with Crippen LogP contribution in [0.3, 0.4) is 0 Å². The molecule has 1 atom stereocenters. The molecule has 3 aromatic rings. The fourth-order valence-corrected chi connectivity index (χ4v) is 1.98. The van der Waals surface area contributed by atoms with E-state index in [1.807, 2.05) is 30.3 Å². The molecule has 0 amide bonds. The number of fused-ring (bicyclic) bond motifs is 1. The summed E-state index contributed by atoms with van der Waals surface area (Å²) in [4.78, 5) is 8.50. The smallest absolute Gasteiger partial charge is 0.153 e. The monoisotopic (exact) mass is 266 g/mol. The summed E-state index contributed by atoms with van der Waals surface area (Å²) in [5.41, 5.74) is 1.43. The zero-order valence-electron chi connectivity index (χ0n) is 11.0. The Labute approximate surface area is 116 Å². The fourth-order valence-electron chi connectivity index (χ4n) is 1.98. The predicted molar refractivity (Wildman–Crippen MR) is 76.7 cm³/mol. The Morgan fingerprint density at radius 3 is 2.65 bits per heavy atom. The van der Waals surface area contributed by atoms with Gasteiger partial charge in [-0.15, -0.1) is 0 Å². The molecule has 1 N–H and O–H groups in total. The third kappa shape index (κ3) is 2.46. The maximum Gasteiger partial charge on any atom is 0.153 e. The number of nitrogens with zero attached hydrogens (tertiary/aromatic N) is 2. The van der Waals surface area contributed by atoms with Gasteiger partial charge in [0.2, 0.25) is 0 Å². The van der Waals surface area contributed by atoms with Crippen LogP contribution in [0.2, 0.25) is 0 Å². The second kappa shape index (κ2) is 5.27. The molecule has 0 bridgehead atoms. The molecule has 0 aliphatic rings. The summed E-state index contributed by atoms with van der Waals surface area (Å²) in [5, 5.41) is 10.5. The summed E-state index contributed by atoms with van der Waals surface area (Å²) in [5.74, 6) is 1.31. The quantitative estimate of drug-likeness (QED) is 0.788. The zero-order chi connectivity index (χ0) is 13.9. The summed E-state index contributed by atoms with van der Waals surface area (Å²) < 4.78 is 5.82. The lowest BCUT2D eigenvalue weighted by atomic mass is 10.2. The van der Waals surface area contributed by atoms with E-state index in [4.69, 9.17) is 4.74 Å². The lowest BCUT2D eigenvalue weighted by Crippen LogP contribution is -1.95. The van der Waals surface area contributed by atoms with E-state index < -0.39 is 6.10 Å². The molecule has 0 saturated carbocycles. The molecule has 0 aliphatic carbocycles. The van der Waals surface area contributed by atoms with Gasteiger partial charge in [0.05, 0.1) is 18.0 Å². The van der Waals surface area contributed by atoms with Crippen molar-refractivity contribution in [2.45, 2.75) is 13.0 Å². The van der Waals surface area contributed by atoms with E-state index in [1.165, 1.54) is 0 Å². The van der Waals surface area contributed by atoms with Crippen LogP contribution in [-0.2, 0) is 0 Å². The lowest BCUT2D eigenvalue weighted by Gasteiger charge is -2.09. The highest BCUT2D eigenvalue weighted by Crippen LogP contribution is 2.28. The van der Waals surface area contributed by atoms with Crippen molar-refractivity contribution >= 4 is 10.9 Å².